The minimum Gasteiger partial charge on any atom is -0.481 e. The summed E-state index contributed by atoms with van der Waals surface area (Å²) in [6.45, 7) is 4.55. The molecule has 0 fully saturated rings. The fraction of sp³-hybridized carbons (Fsp3) is 0.680. The van der Waals surface area contributed by atoms with Crippen LogP contribution in [0.1, 0.15) is 47.0 Å². The topological polar surface area (TPSA) is 350 Å². The van der Waals surface area contributed by atoms with Gasteiger partial charge >= 0.3 is 11.9 Å². The van der Waals surface area contributed by atoms with E-state index < -0.39 is 128 Å². The number of nitrogens with two attached hydrogens (primary N) is 2. The maximum Gasteiger partial charge on any atom is 0.326 e. The Hall–Kier alpha value is -4.40. The van der Waals surface area contributed by atoms with Gasteiger partial charge in [0, 0.05) is 6.42 Å². The summed E-state index contributed by atoms with van der Waals surface area (Å²) in [6, 6.07) is -9.79. The number of rotatable bonds is 20. The molecule has 256 valence electrons. The average Bonchev–Trinajstić information content (AvgIpc) is 2.92. The highest BCUT2D eigenvalue weighted by molar-refractivity contribution is 5.97. The molecule has 14 N–H and O–H groups in total. The molecule has 0 saturated carbocycles. The molecule has 0 spiro atoms. The van der Waals surface area contributed by atoms with Crippen LogP contribution in [0.5, 0.6) is 0 Å². The molecule has 0 aromatic carbocycles. The molecule has 8 atom stereocenters. The molecule has 0 saturated heterocycles. The van der Waals surface area contributed by atoms with Gasteiger partial charge in [-0.15, -0.1) is 0 Å². The van der Waals surface area contributed by atoms with Crippen LogP contribution in [0.2, 0.25) is 0 Å². The SMILES string of the molecule is CC(C)[C@H](NC(=O)[C@@H](N)CO)C(=O)N[C@H](C(=O)N[C@H](C(=O)N[C@@H](CCC(=O)O)C(=O)N[C@@H](CC(N)=O)C(=O)O)[C@@H](C)O)[C@@H](C)O. The van der Waals surface area contributed by atoms with Crippen LogP contribution in [-0.2, 0) is 38.4 Å². The van der Waals surface area contributed by atoms with Gasteiger partial charge in [0.2, 0.25) is 35.4 Å². The van der Waals surface area contributed by atoms with E-state index in [1.807, 2.05) is 5.32 Å². The lowest BCUT2D eigenvalue weighted by molar-refractivity contribution is -0.144. The zero-order valence-corrected chi connectivity index (χ0v) is 25.2. The molecule has 0 aromatic rings. The van der Waals surface area contributed by atoms with Gasteiger partial charge in [0.15, 0.2) is 0 Å². The Balaban J connectivity index is 5.96. The van der Waals surface area contributed by atoms with Crippen LogP contribution < -0.4 is 38.1 Å². The fourth-order valence-corrected chi connectivity index (χ4v) is 3.65. The van der Waals surface area contributed by atoms with E-state index >= 15 is 0 Å². The van der Waals surface area contributed by atoms with Crippen molar-refractivity contribution in [2.24, 2.45) is 17.4 Å². The van der Waals surface area contributed by atoms with Crippen LogP contribution in [0.4, 0.5) is 0 Å². The summed E-state index contributed by atoms with van der Waals surface area (Å²) >= 11 is 0. The van der Waals surface area contributed by atoms with E-state index in [4.69, 9.17) is 21.7 Å². The van der Waals surface area contributed by atoms with Crippen LogP contribution in [0.3, 0.4) is 0 Å². The van der Waals surface area contributed by atoms with Crippen molar-refractivity contribution in [1.82, 2.24) is 26.6 Å². The first-order valence-electron chi connectivity index (χ1n) is 13.7. The quantitative estimate of drug-likeness (QED) is 0.0584. The number of hydrogen-bond acceptors (Lipinski definition) is 12. The highest BCUT2D eigenvalue weighted by atomic mass is 16.4. The highest BCUT2D eigenvalue weighted by Crippen LogP contribution is 2.07. The number of nitrogens with one attached hydrogen (secondary N) is 5. The molecule has 0 unspecified atom stereocenters. The van der Waals surface area contributed by atoms with Gasteiger partial charge in [0.05, 0.1) is 25.2 Å². The Morgan fingerprint density at radius 1 is 0.644 bits per heavy atom. The van der Waals surface area contributed by atoms with Gasteiger partial charge < -0.3 is 63.6 Å². The molecular formula is C25H43N7O13. The molecule has 45 heavy (non-hydrogen) atoms. The summed E-state index contributed by atoms with van der Waals surface area (Å²) in [5.74, 6) is -10.2. The minimum atomic E-state index is -1.86. The van der Waals surface area contributed by atoms with Gasteiger partial charge in [-0.05, 0) is 26.2 Å². The molecule has 20 heteroatoms. The van der Waals surface area contributed by atoms with Crippen LogP contribution in [-0.4, -0.2) is 128 Å². The Morgan fingerprint density at radius 3 is 1.44 bits per heavy atom. The molecule has 0 rings (SSSR count). The van der Waals surface area contributed by atoms with Gasteiger partial charge in [-0.3, -0.25) is 33.6 Å². The van der Waals surface area contributed by atoms with Crippen LogP contribution in [0.15, 0.2) is 0 Å². The number of aliphatic carboxylic acids is 2. The molecule has 0 bridgehead atoms. The number of aliphatic hydroxyl groups excluding tert-OH is 3. The summed E-state index contributed by atoms with van der Waals surface area (Å²) < 4.78 is 0. The van der Waals surface area contributed by atoms with Crippen LogP contribution >= 0.6 is 0 Å². The number of aliphatic hydroxyl groups is 3. The molecule has 0 radical (unpaired) electrons. The molecule has 20 nitrogen and oxygen atoms in total. The van der Waals surface area contributed by atoms with Gasteiger partial charge in [-0.2, -0.15) is 0 Å². The van der Waals surface area contributed by atoms with E-state index in [0.717, 1.165) is 13.8 Å². The molecule has 0 aliphatic heterocycles. The zero-order chi connectivity index (χ0) is 35.2. The lowest BCUT2D eigenvalue weighted by Crippen LogP contribution is -2.63. The molecule has 0 aliphatic carbocycles. The van der Waals surface area contributed by atoms with E-state index in [0.29, 0.717) is 0 Å². The maximum atomic E-state index is 13.1. The highest BCUT2D eigenvalue weighted by Gasteiger charge is 2.36. The monoisotopic (exact) mass is 649 g/mol. The van der Waals surface area contributed by atoms with E-state index in [-0.39, 0.29) is 0 Å². The third-order valence-electron chi connectivity index (χ3n) is 6.21. The van der Waals surface area contributed by atoms with Crippen molar-refractivity contribution in [1.29, 1.82) is 0 Å². The van der Waals surface area contributed by atoms with Crippen molar-refractivity contribution in [3.05, 3.63) is 0 Å². The standard InChI is InChI=1S/C25H43N7O13/c1-9(2)17(30-20(39)12(26)8-33)22(41)31-19(11(4)35)24(43)32-18(10(3)34)23(42)28-13(5-6-16(37)38)21(40)29-14(25(44)45)7-15(27)36/h9-14,17-19,33-35H,5-8,26H2,1-4H3,(H2,27,36)(H,28,42)(H,29,40)(H,30,39)(H,31,41)(H,32,43)(H,37,38)(H,44,45)/t10-,11-,12+,13+,14+,17+,18+,19+/m1/s1. The zero-order valence-electron chi connectivity index (χ0n) is 25.2. The first kappa shape index (κ1) is 40.6. The van der Waals surface area contributed by atoms with E-state index in [2.05, 4.69) is 21.3 Å². The van der Waals surface area contributed by atoms with E-state index in [9.17, 15) is 53.7 Å². The maximum absolute atomic E-state index is 13.1. The van der Waals surface area contributed by atoms with Gasteiger partial charge in [-0.1, -0.05) is 13.8 Å². The second kappa shape index (κ2) is 19.1. The lowest BCUT2D eigenvalue weighted by Gasteiger charge is -2.29. The normalized spacial score (nSPS) is 16.4. The Labute approximate surface area is 257 Å². The Bertz CT molecular complexity index is 1100. The van der Waals surface area contributed by atoms with Crippen molar-refractivity contribution in [2.45, 2.75) is 95.4 Å². The minimum absolute atomic E-state index is 0.564. The first-order valence-corrected chi connectivity index (χ1v) is 13.7. The predicted molar refractivity (Wildman–Crippen MR) is 151 cm³/mol. The number of hydrogen-bond donors (Lipinski definition) is 12. The van der Waals surface area contributed by atoms with Crippen molar-refractivity contribution in [2.75, 3.05) is 6.61 Å². The number of carbonyl (C=O) groups excluding carboxylic acids is 6. The van der Waals surface area contributed by atoms with Crippen molar-refractivity contribution in [3.8, 4) is 0 Å². The molecule has 0 aromatic heterocycles. The molecule has 0 heterocycles. The van der Waals surface area contributed by atoms with Crippen molar-refractivity contribution in [3.63, 3.8) is 0 Å². The van der Waals surface area contributed by atoms with Gasteiger partial charge in [0.1, 0.15) is 36.3 Å². The van der Waals surface area contributed by atoms with Crippen LogP contribution in [0.25, 0.3) is 0 Å². The number of carbonyl (C=O) groups is 8. The number of carboxylic acids is 2. The Morgan fingerprint density at radius 2 is 1.07 bits per heavy atom. The van der Waals surface area contributed by atoms with E-state index in [1.54, 1.807) is 13.8 Å². The predicted octanol–water partition coefficient (Wildman–Crippen LogP) is -6.03. The second-order valence-electron chi connectivity index (χ2n) is 10.5. The average molecular weight is 650 g/mol. The van der Waals surface area contributed by atoms with Crippen LogP contribution in [0, 0.1) is 5.92 Å². The summed E-state index contributed by atoms with van der Waals surface area (Å²) in [4.78, 5) is 97.6. The third kappa shape index (κ3) is 14.3. The summed E-state index contributed by atoms with van der Waals surface area (Å²) in [5, 5.41) is 58.5. The first-order chi connectivity index (χ1) is 20.7. The van der Waals surface area contributed by atoms with Gasteiger partial charge in [0.25, 0.3) is 0 Å². The number of amides is 6. The molecule has 6 amide bonds. The number of primary amides is 1. The Kier molecular flexibility index (Phi) is 17.2. The second-order valence-corrected chi connectivity index (χ2v) is 10.5. The van der Waals surface area contributed by atoms with Gasteiger partial charge in [-0.25, -0.2) is 4.79 Å². The lowest BCUT2D eigenvalue weighted by atomic mass is 10.0. The van der Waals surface area contributed by atoms with E-state index in [1.165, 1.54) is 0 Å². The largest absolute Gasteiger partial charge is 0.481 e. The molecular weight excluding hydrogens is 606 g/mol. The van der Waals surface area contributed by atoms with Crippen molar-refractivity contribution >= 4 is 47.4 Å². The summed E-state index contributed by atoms with van der Waals surface area (Å²) in [5.41, 5.74) is 10.4. The fourth-order valence-electron chi connectivity index (χ4n) is 3.65. The number of carboxylic acid groups (broad SMARTS) is 2. The smallest absolute Gasteiger partial charge is 0.326 e. The third-order valence-corrected chi connectivity index (χ3v) is 6.21. The summed E-state index contributed by atoms with van der Waals surface area (Å²) in [6.07, 6.45) is -5.36. The summed E-state index contributed by atoms with van der Waals surface area (Å²) in [7, 11) is 0. The molecule has 0 aliphatic rings. The van der Waals surface area contributed by atoms with Crippen molar-refractivity contribution < 1.29 is 63.9 Å².